The van der Waals surface area contributed by atoms with E-state index in [0.29, 0.717) is 5.76 Å². The zero-order chi connectivity index (χ0) is 16.0. The Morgan fingerprint density at radius 1 is 1.36 bits per heavy atom. The van der Waals surface area contributed by atoms with Gasteiger partial charge in [0.25, 0.3) is 5.91 Å². The van der Waals surface area contributed by atoms with Crippen molar-refractivity contribution < 1.29 is 23.4 Å². The number of carbonyl (C=O) groups excluding carboxylic acids is 1. The maximum absolute atomic E-state index is 13.3. The van der Waals surface area contributed by atoms with E-state index in [1.807, 2.05) is 0 Å². The highest BCUT2D eigenvalue weighted by atomic mass is 19.1. The smallest absolute Gasteiger partial charge is 0.258 e. The van der Waals surface area contributed by atoms with Crippen molar-refractivity contribution in [3.8, 4) is 5.75 Å². The molecule has 0 saturated carbocycles. The molecular weight excluding hydrogens is 289 g/mol. The average Bonchev–Trinajstić information content (AvgIpc) is 2.96. The van der Waals surface area contributed by atoms with Gasteiger partial charge in [-0.2, -0.15) is 0 Å². The molecule has 1 aromatic carbocycles. The first kappa shape index (κ1) is 16.0. The van der Waals surface area contributed by atoms with Crippen molar-refractivity contribution in [2.24, 2.45) is 0 Å². The molecule has 118 valence electrons. The van der Waals surface area contributed by atoms with E-state index in [-0.39, 0.29) is 25.3 Å². The molecule has 0 fully saturated rings. The van der Waals surface area contributed by atoms with Crippen LogP contribution < -0.4 is 10.1 Å². The second kappa shape index (κ2) is 7.09. The highest BCUT2D eigenvalue weighted by Crippen LogP contribution is 2.15. The third-order valence-electron chi connectivity index (χ3n) is 3.00. The van der Waals surface area contributed by atoms with Gasteiger partial charge in [0, 0.05) is 13.0 Å². The molecule has 0 radical (unpaired) electrons. The highest BCUT2D eigenvalue weighted by molar-refractivity contribution is 5.77. The summed E-state index contributed by atoms with van der Waals surface area (Å²) < 4.78 is 23.6. The van der Waals surface area contributed by atoms with Gasteiger partial charge in [-0.1, -0.05) is 12.1 Å². The van der Waals surface area contributed by atoms with Gasteiger partial charge in [0.1, 0.15) is 5.76 Å². The number of aliphatic hydroxyl groups is 1. The van der Waals surface area contributed by atoms with Crippen LogP contribution >= 0.6 is 0 Å². The first-order valence-electron chi connectivity index (χ1n) is 6.85. The molecule has 1 atom stereocenters. The standard InChI is InChI=1S/C16H18FNO4/c1-16(20,9-12-5-4-8-21-12)11-18-15(19)10-22-14-7-3-2-6-13(14)17/h2-8,20H,9-11H2,1H3,(H,18,19)/t16-/m1/s1. The monoisotopic (exact) mass is 307 g/mol. The summed E-state index contributed by atoms with van der Waals surface area (Å²) in [7, 11) is 0. The van der Waals surface area contributed by atoms with Crippen LogP contribution in [0.15, 0.2) is 47.1 Å². The number of para-hydroxylation sites is 1. The van der Waals surface area contributed by atoms with Crippen molar-refractivity contribution in [1.29, 1.82) is 0 Å². The van der Waals surface area contributed by atoms with Crippen LogP contribution in [0.3, 0.4) is 0 Å². The molecule has 1 amide bonds. The van der Waals surface area contributed by atoms with E-state index in [2.05, 4.69) is 5.32 Å². The van der Waals surface area contributed by atoms with E-state index in [4.69, 9.17) is 9.15 Å². The quantitative estimate of drug-likeness (QED) is 0.819. The topological polar surface area (TPSA) is 71.7 Å². The van der Waals surface area contributed by atoms with Gasteiger partial charge >= 0.3 is 0 Å². The number of nitrogens with one attached hydrogen (secondary N) is 1. The molecule has 2 aromatic rings. The number of hydrogen-bond acceptors (Lipinski definition) is 4. The van der Waals surface area contributed by atoms with E-state index in [0.717, 1.165) is 0 Å². The van der Waals surface area contributed by atoms with Gasteiger partial charge in [-0.05, 0) is 31.2 Å². The first-order valence-corrected chi connectivity index (χ1v) is 6.85. The number of halogens is 1. The van der Waals surface area contributed by atoms with Gasteiger partial charge in [-0.15, -0.1) is 0 Å². The fraction of sp³-hybridized carbons (Fsp3) is 0.312. The van der Waals surface area contributed by atoms with Crippen molar-refractivity contribution in [3.63, 3.8) is 0 Å². The summed E-state index contributed by atoms with van der Waals surface area (Å²) in [6.45, 7) is 1.30. The summed E-state index contributed by atoms with van der Waals surface area (Å²) in [4.78, 5) is 11.7. The van der Waals surface area contributed by atoms with Gasteiger partial charge in [0.05, 0.1) is 11.9 Å². The van der Waals surface area contributed by atoms with Crippen LogP contribution in [0, 0.1) is 5.82 Å². The van der Waals surface area contributed by atoms with Crippen LogP contribution in [0.1, 0.15) is 12.7 Å². The predicted octanol–water partition coefficient (Wildman–Crippen LogP) is 1.91. The molecule has 1 heterocycles. The molecule has 0 unspecified atom stereocenters. The van der Waals surface area contributed by atoms with Crippen molar-refractivity contribution >= 4 is 5.91 Å². The van der Waals surface area contributed by atoms with Crippen LogP contribution in [0.4, 0.5) is 4.39 Å². The highest BCUT2D eigenvalue weighted by Gasteiger charge is 2.23. The third kappa shape index (κ3) is 4.89. The Hall–Kier alpha value is -2.34. The molecule has 2 N–H and O–H groups in total. The van der Waals surface area contributed by atoms with Gasteiger partial charge in [0.15, 0.2) is 18.2 Å². The van der Waals surface area contributed by atoms with Crippen LogP contribution in [-0.4, -0.2) is 29.8 Å². The summed E-state index contributed by atoms with van der Waals surface area (Å²) in [6.07, 6.45) is 1.79. The summed E-state index contributed by atoms with van der Waals surface area (Å²) in [5.41, 5.74) is -1.15. The summed E-state index contributed by atoms with van der Waals surface area (Å²) in [6, 6.07) is 9.32. The Bertz CT molecular complexity index is 610. The molecule has 0 aliphatic carbocycles. The maximum Gasteiger partial charge on any atom is 0.258 e. The van der Waals surface area contributed by atoms with E-state index in [9.17, 15) is 14.3 Å². The minimum Gasteiger partial charge on any atom is -0.481 e. The van der Waals surface area contributed by atoms with Crippen LogP contribution in [0.2, 0.25) is 0 Å². The van der Waals surface area contributed by atoms with Crippen LogP contribution in [0.25, 0.3) is 0 Å². The fourth-order valence-electron chi connectivity index (χ4n) is 1.90. The van der Waals surface area contributed by atoms with Gasteiger partial charge in [-0.3, -0.25) is 4.79 Å². The normalized spacial score (nSPS) is 13.4. The molecule has 0 aliphatic rings. The second-order valence-corrected chi connectivity index (χ2v) is 5.25. The number of benzene rings is 1. The van der Waals surface area contributed by atoms with E-state index >= 15 is 0 Å². The molecule has 6 heteroatoms. The molecule has 0 bridgehead atoms. The van der Waals surface area contributed by atoms with Gasteiger partial charge in [0.2, 0.25) is 0 Å². The summed E-state index contributed by atoms with van der Waals surface area (Å²) >= 11 is 0. The van der Waals surface area contributed by atoms with Crippen LogP contribution in [-0.2, 0) is 11.2 Å². The Morgan fingerprint density at radius 2 is 2.14 bits per heavy atom. The largest absolute Gasteiger partial charge is 0.481 e. The molecule has 1 aromatic heterocycles. The molecule has 0 spiro atoms. The number of rotatable bonds is 7. The lowest BCUT2D eigenvalue weighted by molar-refractivity contribution is -0.124. The minimum atomic E-state index is -1.15. The fourth-order valence-corrected chi connectivity index (χ4v) is 1.90. The van der Waals surface area contributed by atoms with E-state index in [1.165, 1.54) is 24.5 Å². The second-order valence-electron chi connectivity index (χ2n) is 5.25. The lowest BCUT2D eigenvalue weighted by atomic mass is 10.0. The Kier molecular flexibility index (Phi) is 5.16. The summed E-state index contributed by atoms with van der Waals surface area (Å²) in [5, 5.41) is 12.7. The van der Waals surface area contributed by atoms with Crippen molar-refractivity contribution in [1.82, 2.24) is 5.32 Å². The molecule has 0 aliphatic heterocycles. The van der Waals surface area contributed by atoms with Gasteiger partial charge in [-0.25, -0.2) is 4.39 Å². The van der Waals surface area contributed by atoms with Gasteiger partial charge < -0.3 is 19.6 Å². The van der Waals surface area contributed by atoms with E-state index < -0.39 is 17.3 Å². The maximum atomic E-state index is 13.3. The predicted molar refractivity (Wildman–Crippen MR) is 77.9 cm³/mol. The summed E-state index contributed by atoms with van der Waals surface area (Å²) in [5.74, 6) is -0.329. The SMILES string of the molecule is C[C@](O)(CNC(=O)COc1ccccc1F)Cc1ccco1. The van der Waals surface area contributed by atoms with E-state index in [1.54, 1.807) is 25.1 Å². The van der Waals surface area contributed by atoms with Crippen molar-refractivity contribution in [2.45, 2.75) is 18.9 Å². The van der Waals surface area contributed by atoms with Crippen LogP contribution in [0.5, 0.6) is 5.75 Å². The van der Waals surface area contributed by atoms with Crippen molar-refractivity contribution in [3.05, 3.63) is 54.2 Å². The average molecular weight is 307 g/mol. The zero-order valence-corrected chi connectivity index (χ0v) is 12.2. The number of furan rings is 1. The Morgan fingerprint density at radius 3 is 2.82 bits per heavy atom. The minimum absolute atomic E-state index is 0.0139. The third-order valence-corrected chi connectivity index (χ3v) is 3.00. The lowest BCUT2D eigenvalue weighted by Crippen LogP contribution is -2.43. The number of amides is 1. The lowest BCUT2D eigenvalue weighted by Gasteiger charge is -2.22. The molecule has 5 nitrogen and oxygen atoms in total. The first-order chi connectivity index (χ1) is 10.5. The number of carbonyl (C=O) groups is 1. The molecular formula is C16H18FNO4. The molecule has 0 saturated heterocycles. The molecule has 2 rings (SSSR count). The Balaban J connectivity index is 1.76. The zero-order valence-electron chi connectivity index (χ0n) is 12.2. The molecule has 22 heavy (non-hydrogen) atoms. The number of hydrogen-bond donors (Lipinski definition) is 2. The Labute approximate surface area is 127 Å². The van der Waals surface area contributed by atoms with Crippen molar-refractivity contribution in [2.75, 3.05) is 13.2 Å². The number of ether oxygens (including phenoxy) is 1.